The van der Waals surface area contributed by atoms with Crippen LogP contribution in [0, 0.1) is 0 Å². The molecule has 1 fully saturated rings. The lowest BCUT2D eigenvalue weighted by Gasteiger charge is -2.21. The van der Waals surface area contributed by atoms with Crippen molar-refractivity contribution >= 4 is 5.97 Å². The normalized spacial score (nSPS) is 28.1. The van der Waals surface area contributed by atoms with E-state index in [0.29, 0.717) is 12.1 Å². The van der Waals surface area contributed by atoms with Crippen LogP contribution in [0.5, 0.6) is 5.75 Å². The van der Waals surface area contributed by atoms with Crippen LogP contribution in [0.2, 0.25) is 0 Å². The van der Waals surface area contributed by atoms with Crippen molar-refractivity contribution < 1.29 is 14.6 Å². The van der Waals surface area contributed by atoms with E-state index in [1.165, 1.54) is 6.07 Å². The zero-order valence-corrected chi connectivity index (χ0v) is 8.12. The highest BCUT2D eigenvalue weighted by Gasteiger charge is 2.48. The maximum absolute atomic E-state index is 11.6. The fourth-order valence-electron chi connectivity index (χ4n) is 2.40. The number of carbonyl (C=O) groups excluding carboxylic acids is 1. The smallest absolute Gasteiger partial charge is 0.343 e. The standard InChI is InChI=1S/C11H11NO3/c13-8-3-1-2-7-9(8)10(14)15-11(7)4-5-12-6-11/h1-3,12-13H,4-6H2. The zero-order chi connectivity index (χ0) is 10.5. The van der Waals surface area contributed by atoms with Crippen LogP contribution in [0.4, 0.5) is 0 Å². The van der Waals surface area contributed by atoms with Crippen molar-refractivity contribution in [3.05, 3.63) is 29.3 Å². The summed E-state index contributed by atoms with van der Waals surface area (Å²) in [6, 6.07) is 5.12. The summed E-state index contributed by atoms with van der Waals surface area (Å²) in [4.78, 5) is 11.6. The molecule has 0 aromatic heterocycles. The van der Waals surface area contributed by atoms with E-state index in [9.17, 15) is 9.90 Å². The number of fused-ring (bicyclic) bond motifs is 2. The molecule has 0 radical (unpaired) electrons. The van der Waals surface area contributed by atoms with Crippen molar-refractivity contribution in [2.24, 2.45) is 0 Å². The van der Waals surface area contributed by atoms with Gasteiger partial charge < -0.3 is 15.2 Å². The van der Waals surface area contributed by atoms with Gasteiger partial charge in [0.2, 0.25) is 0 Å². The number of phenols is 1. The second-order valence-electron chi connectivity index (χ2n) is 4.01. The molecule has 0 bridgehead atoms. The molecular formula is C11H11NO3. The van der Waals surface area contributed by atoms with Gasteiger partial charge >= 0.3 is 5.97 Å². The third kappa shape index (κ3) is 1.02. The minimum absolute atomic E-state index is 0.0151. The van der Waals surface area contributed by atoms with Crippen molar-refractivity contribution in [3.8, 4) is 5.75 Å². The molecule has 3 rings (SSSR count). The Balaban J connectivity index is 2.22. The third-order valence-corrected chi connectivity index (χ3v) is 3.14. The van der Waals surface area contributed by atoms with E-state index in [4.69, 9.17) is 4.74 Å². The average Bonchev–Trinajstić information content (AvgIpc) is 2.76. The molecule has 0 amide bonds. The molecule has 4 heteroatoms. The fraction of sp³-hybridized carbons (Fsp3) is 0.364. The lowest BCUT2D eigenvalue weighted by Crippen LogP contribution is -2.28. The van der Waals surface area contributed by atoms with Crippen LogP contribution >= 0.6 is 0 Å². The third-order valence-electron chi connectivity index (χ3n) is 3.14. The van der Waals surface area contributed by atoms with Gasteiger partial charge in [-0.15, -0.1) is 0 Å². The molecule has 2 aliphatic rings. The molecule has 0 saturated carbocycles. The quantitative estimate of drug-likeness (QED) is 0.614. The maximum atomic E-state index is 11.6. The van der Waals surface area contributed by atoms with Gasteiger partial charge in [0.1, 0.15) is 11.3 Å². The Bertz CT molecular complexity index is 435. The van der Waals surface area contributed by atoms with Crippen LogP contribution in [-0.2, 0) is 10.3 Å². The second kappa shape index (κ2) is 2.73. The zero-order valence-electron chi connectivity index (χ0n) is 8.12. The van der Waals surface area contributed by atoms with Gasteiger partial charge in [0.15, 0.2) is 5.60 Å². The summed E-state index contributed by atoms with van der Waals surface area (Å²) in [6.45, 7) is 1.47. The molecule has 15 heavy (non-hydrogen) atoms. The van der Waals surface area contributed by atoms with Crippen molar-refractivity contribution in [1.29, 1.82) is 0 Å². The fourth-order valence-corrected chi connectivity index (χ4v) is 2.40. The Morgan fingerprint density at radius 2 is 2.33 bits per heavy atom. The Labute approximate surface area is 86.9 Å². The molecule has 1 atom stereocenters. The molecular weight excluding hydrogens is 194 g/mol. The summed E-state index contributed by atoms with van der Waals surface area (Å²) in [7, 11) is 0. The molecule has 0 aliphatic carbocycles. The van der Waals surface area contributed by atoms with Crippen molar-refractivity contribution in [3.63, 3.8) is 0 Å². The summed E-state index contributed by atoms with van der Waals surface area (Å²) >= 11 is 0. The predicted octanol–water partition coefficient (Wildman–Crippen LogP) is 0.751. The van der Waals surface area contributed by atoms with Gasteiger partial charge in [-0.2, -0.15) is 0 Å². The first-order valence-corrected chi connectivity index (χ1v) is 4.99. The molecule has 1 unspecified atom stereocenters. The minimum Gasteiger partial charge on any atom is -0.507 e. The number of rotatable bonds is 0. The van der Waals surface area contributed by atoms with Crippen molar-refractivity contribution in [1.82, 2.24) is 5.32 Å². The van der Waals surface area contributed by atoms with Gasteiger partial charge in [-0.1, -0.05) is 12.1 Å². The van der Waals surface area contributed by atoms with E-state index in [1.54, 1.807) is 6.07 Å². The molecule has 2 N–H and O–H groups in total. The number of nitrogens with one attached hydrogen (secondary N) is 1. The Morgan fingerprint density at radius 1 is 1.47 bits per heavy atom. The van der Waals surface area contributed by atoms with Gasteiger partial charge in [0, 0.05) is 18.5 Å². The van der Waals surface area contributed by atoms with Gasteiger partial charge in [-0.05, 0) is 12.6 Å². The van der Waals surface area contributed by atoms with Crippen LogP contribution in [0.1, 0.15) is 22.3 Å². The van der Waals surface area contributed by atoms with E-state index in [2.05, 4.69) is 5.32 Å². The lowest BCUT2D eigenvalue weighted by molar-refractivity contribution is 0.00158. The SMILES string of the molecule is O=C1OC2(CCNC2)c2cccc(O)c21. The summed E-state index contributed by atoms with van der Waals surface area (Å²) in [5, 5.41) is 12.8. The number of hydrogen-bond donors (Lipinski definition) is 2. The first kappa shape index (κ1) is 8.73. The van der Waals surface area contributed by atoms with E-state index in [0.717, 1.165) is 18.5 Å². The van der Waals surface area contributed by atoms with Gasteiger partial charge in [-0.25, -0.2) is 4.79 Å². The highest BCUT2D eigenvalue weighted by atomic mass is 16.6. The van der Waals surface area contributed by atoms with E-state index in [1.807, 2.05) is 6.07 Å². The van der Waals surface area contributed by atoms with E-state index in [-0.39, 0.29) is 5.75 Å². The summed E-state index contributed by atoms with van der Waals surface area (Å²) < 4.78 is 5.40. The Morgan fingerprint density at radius 3 is 3.07 bits per heavy atom. The number of carbonyl (C=O) groups is 1. The molecule has 78 valence electrons. The van der Waals surface area contributed by atoms with Crippen LogP contribution < -0.4 is 5.32 Å². The molecule has 1 spiro atoms. The molecule has 4 nitrogen and oxygen atoms in total. The van der Waals surface area contributed by atoms with E-state index < -0.39 is 11.6 Å². The number of hydrogen-bond acceptors (Lipinski definition) is 4. The highest BCUT2D eigenvalue weighted by Crippen LogP contribution is 2.43. The number of phenolic OH excluding ortho intramolecular Hbond substituents is 1. The Kier molecular flexibility index (Phi) is 1.59. The van der Waals surface area contributed by atoms with Crippen molar-refractivity contribution in [2.75, 3.05) is 13.1 Å². The molecule has 1 saturated heterocycles. The number of aromatic hydroxyl groups is 1. The molecule has 2 aliphatic heterocycles. The molecule has 1 aromatic rings. The minimum atomic E-state index is -0.537. The highest BCUT2D eigenvalue weighted by molar-refractivity contribution is 5.97. The molecule has 1 aromatic carbocycles. The van der Waals surface area contributed by atoms with Gasteiger partial charge in [-0.3, -0.25) is 0 Å². The summed E-state index contributed by atoms with van der Waals surface area (Å²) in [5.74, 6) is -0.395. The van der Waals surface area contributed by atoms with Crippen LogP contribution in [0.3, 0.4) is 0 Å². The maximum Gasteiger partial charge on any atom is 0.343 e. The Hall–Kier alpha value is -1.55. The first-order chi connectivity index (χ1) is 7.23. The monoisotopic (exact) mass is 205 g/mol. The first-order valence-electron chi connectivity index (χ1n) is 4.99. The van der Waals surface area contributed by atoms with E-state index >= 15 is 0 Å². The molecule has 2 heterocycles. The topological polar surface area (TPSA) is 58.6 Å². The second-order valence-corrected chi connectivity index (χ2v) is 4.01. The summed E-state index contributed by atoms with van der Waals surface area (Å²) in [6.07, 6.45) is 0.773. The van der Waals surface area contributed by atoms with Crippen molar-refractivity contribution in [2.45, 2.75) is 12.0 Å². The number of ether oxygens (including phenoxy) is 1. The van der Waals surface area contributed by atoms with Crippen LogP contribution in [0.15, 0.2) is 18.2 Å². The van der Waals surface area contributed by atoms with Gasteiger partial charge in [0.05, 0.1) is 0 Å². The number of esters is 1. The predicted molar refractivity (Wildman–Crippen MR) is 52.7 cm³/mol. The van der Waals surface area contributed by atoms with Crippen LogP contribution in [-0.4, -0.2) is 24.2 Å². The lowest BCUT2D eigenvalue weighted by atomic mass is 9.91. The summed E-state index contributed by atoms with van der Waals surface area (Å²) in [5.41, 5.74) is 0.615. The van der Waals surface area contributed by atoms with Gasteiger partial charge in [0.25, 0.3) is 0 Å². The largest absolute Gasteiger partial charge is 0.507 e. The number of benzene rings is 1. The average molecular weight is 205 g/mol. The van der Waals surface area contributed by atoms with Crippen LogP contribution in [0.25, 0.3) is 0 Å².